The van der Waals surface area contributed by atoms with Gasteiger partial charge in [-0.15, -0.1) is 0 Å². The van der Waals surface area contributed by atoms with E-state index in [1.807, 2.05) is 12.1 Å². The normalized spacial score (nSPS) is 15.2. The van der Waals surface area contributed by atoms with Crippen LogP contribution in [-0.2, 0) is 9.53 Å². The fourth-order valence-electron chi connectivity index (χ4n) is 4.00. The molecule has 1 aliphatic rings. The fourth-order valence-corrected chi connectivity index (χ4v) is 4.00. The summed E-state index contributed by atoms with van der Waals surface area (Å²) in [6.07, 6.45) is 15.1. The highest BCUT2D eigenvalue weighted by atomic mass is 16.5. The molecule has 0 bridgehead atoms. The molecule has 0 spiro atoms. The van der Waals surface area contributed by atoms with E-state index in [1.165, 1.54) is 44.9 Å². The van der Waals surface area contributed by atoms with Crippen LogP contribution >= 0.6 is 0 Å². The van der Waals surface area contributed by atoms with Crippen LogP contribution in [0.2, 0.25) is 0 Å². The third-order valence-corrected chi connectivity index (χ3v) is 5.75. The van der Waals surface area contributed by atoms with Crippen LogP contribution < -0.4 is 11.5 Å². The SMILES string of the molecule is CCCCCCCCCCCC1=NC(=N)n2cccc2C1C(=O)OCCCCN=C(N)N. The molecule has 0 radical (unpaired) electrons. The Morgan fingerprint density at radius 2 is 1.78 bits per heavy atom. The van der Waals surface area contributed by atoms with Crippen LogP contribution in [0.25, 0.3) is 0 Å². The molecule has 8 nitrogen and oxygen atoms in total. The molecule has 0 saturated carbocycles. The number of fused-ring (bicyclic) bond motifs is 1. The molecule has 0 saturated heterocycles. The zero-order valence-corrected chi connectivity index (χ0v) is 19.5. The van der Waals surface area contributed by atoms with Gasteiger partial charge in [0, 0.05) is 24.1 Å². The smallest absolute Gasteiger partial charge is 0.320 e. The fraction of sp³-hybridized carbons (Fsp3) is 0.667. The standard InChI is InChI=1S/C24H40N6O2/c1-2-3-4-5-6-7-8-9-10-14-19-21(20-15-13-17-30(20)24(27)29-19)22(31)32-18-12-11-16-28-23(25)26/h13,15,17,21,27H,2-12,14,16,18H2,1H3,(H4,25,26,28). The van der Waals surface area contributed by atoms with Gasteiger partial charge in [0.2, 0.25) is 5.96 Å². The van der Waals surface area contributed by atoms with Crippen LogP contribution in [0.1, 0.15) is 95.6 Å². The number of esters is 1. The topological polar surface area (TPSA) is 132 Å². The Morgan fingerprint density at radius 3 is 2.47 bits per heavy atom. The molecule has 8 heteroatoms. The lowest BCUT2D eigenvalue weighted by molar-refractivity contribution is -0.144. The molecule has 1 aliphatic heterocycles. The first kappa shape index (κ1) is 25.6. The van der Waals surface area contributed by atoms with E-state index >= 15 is 0 Å². The number of hydrogen-bond donors (Lipinski definition) is 3. The van der Waals surface area contributed by atoms with Gasteiger partial charge in [-0.25, -0.2) is 4.99 Å². The lowest BCUT2D eigenvalue weighted by Crippen LogP contribution is -2.33. The molecular weight excluding hydrogens is 404 g/mol. The van der Waals surface area contributed by atoms with Gasteiger partial charge in [0.25, 0.3) is 0 Å². The second-order valence-electron chi connectivity index (χ2n) is 8.42. The summed E-state index contributed by atoms with van der Waals surface area (Å²) in [7, 11) is 0. The molecule has 32 heavy (non-hydrogen) atoms. The van der Waals surface area contributed by atoms with E-state index in [0.29, 0.717) is 26.0 Å². The molecule has 1 aromatic heterocycles. The summed E-state index contributed by atoms with van der Waals surface area (Å²) in [5, 5.41) is 8.21. The minimum atomic E-state index is -0.536. The van der Waals surface area contributed by atoms with Crippen LogP contribution in [0.3, 0.4) is 0 Å². The molecule has 5 N–H and O–H groups in total. The van der Waals surface area contributed by atoms with Crippen molar-refractivity contribution in [3.63, 3.8) is 0 Å². The van der Waals surface area contributed by atoms with Crippen LogP contribution in [0.5, 0.6) is 0 Å². The number of rotatable bonds is 16. The average Bonchev–Trinajstić information content (AvgIpc) is 3.25. The van der Waals surface area contributed by atoms with Crippen LogP contribution in [0.4, 0.5) is 0 Å². The molecule has 2 rings (SSSR count). The van der Waals surface area contributed by atoms with Crippen molar-refractivity contribution >= 4 is 23.6 Å². The van der Waals surface area contributed by atoms with E-state index < -0.39 is 5.92 Å². The zero-order chi connectivity index (χ0) is 23.2. The van der Waals surface area contributed by atoms with E-state index in [1.54, 1.807) is 10.8 Å². The van der Waals surface area contributed by atoms with Crippen molar-refractivity contribution in [1.29, 1.82) is 5.41 Å². The average molecular weight is 445 g/mol. The Morgan fingerprint density at radius 1 is 1.09 bits per heavy atom. The second-order valence-corrected chi connectivity index (χ2v) is 8.42. The van der Waals surface area contributed by atoms with E-state index in [2.05, 4.69) is 16.9 Å². The number of carbonyl (C=O) groups excluding carboxylic acids is 1. The largest absolute Gasteiger partial charge is 0.465 e. The molecule has 2 heterocycles. The lowest BCUT2D eigenvalue weighted by Gasteiger charge is -2.24. The van der Waals surface area contributed by atoms with Gasteiger partial charge < -0.3 is 16.2 Å². The first-order valence-corrected chi connectivity index (χ1v) is 12.1. The van der Waals surface area contributed by atoms with Crippen LogP contribution in [-0.4, -0.2) is 41.3 Å². The number of nitrogens with zero attached hydrogens (tertiary/aromatic N) is 3. The molecule has 1 unspecified atom stereocenters. The second kappa shape index (κ2) is 14.4. The Kier molecular flexibility index (Phi) is 11.6. The van der Waals surface area contributed by atoms with Gasteiger partial charge in [-0.3, -0.25) is 19.8 Å². The molecule has 1 atom stereocenters. The summed E-state index contributed by atoms with van der Waals surface area (Å²) in [4.78, 5) is 21.3. The van der Waals surface area contributed by atoms with E-state index in [-0.39, 0.29) is 17.9 Å². The van der Waals surface area contributed by atoms with Gasteiger partial charge in [0.15, 0.2) is 5.96 Å². The van der Waals surface area contributed by atoms with E-state index in [4.69, 9.17) is 21.6 Å². The predicted molar refractivity (Wildman–Crippen MR) is 130 cm³/mol. The predicted octanol–water partition coefficient (Wildman–Crippen LogP) is 4.33. The number of ether oxygens (including phenoxy) is 1. The molecular formula is C24H40N6O2. The summed E-state index contributed by atoms with van der Waals surface area (Å²) < 4.78 is 7.21. The Hall–Kier alpha value is -2.64. The number of unbranched alkanes of at least 4 members (excludes halogenated alkanes) is 9. The van der Waals surface area contributed by atoms with Crippen LogP contribution in [0.15, 0.2) is 28.3 Å². The Balaban J connectivity index is 1.82. The maximum Gasteiger partial charge on any atom is 0.320 e. The first-order valence-electron chi connectivity index (χ1n) is 12.1. The van der Waals surface area contributed by atoms with Crippen molar-refractivity contribution in [1.82, 2.24) is 4.57 Å². The summed E-state index contributed by atoms with van der Waals surface area (Å²) in [5.41, 5.74) is 12.1. The van der Waals surface area contributed by atoms with E-state index in [0.717, 1.165) is 30.7 Å². The van der Waals surface area contributed by atoms with Crippen molar-refractivity contribution in [3.8, 4) is 0 Å². The first-order chi connectivity index (χ1) is 15.5. The molecule has 0 aliphatic carbocycles. The zero-order valence-electron chi connectivity index (χ0n) is 19.5. The lowest BCUT2D eigenvalue weighted by atomic mass is 9.93. The molecule has 1 aromatic rings. The quantitative estimate of drug-likeness (QED) is 0.151. The van der Waals surface area contributed by atoms with E-state index in [9.17, 15) is 4.79 Å². The number of guanidine groups is 1. The third-order valence-electron chi connectivity index (χ3n) is 5.75. The number of carbonyl (C=O) groups is 1. The van der Waals surface area contributed by atoms with Gasteiger partial charge in [-0.05, 0) is 37.8 Å². The number of aliphatic imine (C=N–C) groups is 2. The number of nitrogens with two attached hydrogens (primary N) is 2. The van der Waals surface area contributed by atoms with Crippen molar-refractivity contribution in [3.05, 3.63) is 24.0 Å². The summed E-state index contributed by atoms with van der Waals surface area (Å²) in [5.74, 6) is -0.596. The minimum Gasteiger partial charge on any atom is -0.465 e. The maximum atomic E-state index is 12.9. The number of hydrogen-bond acceptors (Lipinski definition) is 4. The van der Waals surface area contributed by atoms with Gasteiger partial charge in [-0.2, -0.15) is 0 Å². The van der Waals surface area contributed by atoms with Gasteiger partial charge in [0.05, 0.1) is 6.61 Å². The molecule has 0 amide bonds. The monoisotopic (exact) mass is 444 g/mol. The highest BCUT2D eigenvalue weighted by molar-refractivity contribution is 6.13. The highest BCUT2D eigenvalue weighted by Gasteiger charge is 2.34. The Bertz CT molecular complexity index is 779. The number of aromatic nitrogens is 1. The molecule has 0 aromatic carbocycles. The Labute approximate surface area is 192 Å². The third kappa shape index (κ3) is 8.48. The van der Waals surface area contributed by atoms with Crippen molar-refractivity contribution in [2.75, 3.05) is 13.2 Å². The number of nitrogens with one attached hydrogen (secondary N) is 1. The van der Waals surface area contributed by atoms with Gasteiger partial charge >= 0.3 is 5.97 Å². The van der Waals surface area contributed by atoms with Gasteiger partial charge in [-0.1, -0.05) is 58.3 Å². The van der Waals surface area contributed by atoms with Gasteiger partial charge in [0.1, 0.15) is 5.92 Å². The van der Waals surface area contributed by atoms with Crippen LogP contribution in [0, 0.1) is 5.41 Å². The van der Waals surface area contributed by atoms with Crippen molar-refractivity contribution in [2.24, 2.45) is 21.5 Å². The molecule has 178 valence electrons. The highest BCUT2D eigenvalue weighted by Crippen LogP contribution is 2.27. The maximum absolute atomic E-state index is 12.9. The summed E-state index contributed by atoms with van der Waals surface area (Å²) >= 11 is 0. The molecule has 0 fully saturated rings. The van der Waals surface area contributed by atoms with Crippen molar-refractivity contribution in [2.45, 2.75) is 89.9 Å². The van der Waals surface area contributed by atoms with Crippen molar-refractivity contribution < 1.29 is 9.53 Å². The summed E-state index contributed by atoms with van der Waals surface area (Å²) in [6.45, 7) is 3.08. The minimum absolute atomic E-state index is 0.0738. The summed E-state index contributed by atoms with van der Waals surface area (Å²) in [6, 6.07) is 3.72.